The van der Waals surface area contributed by atoms with E-state index in [1.54, 1.807) is 0 Å². The van der Waals surface area contributed by atoms with Crippen molar-refractivity contribution in [2.24, 2.45) is 11.3 Å². The van der Waals surface area contributed by atoms with Crippen LogP contribution in [0.15, 0.2) is 0 Å². The number of rotatable bonds is 6. The van der Waals surface area contributed by atoms with Crippen LogP contribution in [-0.2, 0) is 4.79 Å². The van der Waals surface area contributed by atoms with Gasteiger partial charge >= 0.3 is 0 Å². The lowest BCUT2D eigenvalue weighted by Crippen LogP contribution is -2.41. The summed E-state index contributed by atoms with van der Waals surface area (Å²) in [4.78, 5) is 14.6. The first-order valence-electron chi connectivity index (χ1n) is 7.60. The Morgan fingerprint density at radius 1 is 1.39 bits per heavy atom. The van der Waals surface area contributed by atoms with Crippen molar-refractivity contribution in [3.8, 4) is 0 Å². The largest absolute Gasteiger partial charge is 0.325 e. The van der Waals surface area contributed by atoms with Gasteiger partial charge in [0.2, 0.25) is 5.91 Å². The van der Waals surface area contributed by atoms with Crippen LogP contribution in [0.1, 0.15) is 59.8 Å². The van der Waals surface area contributed by atoms with Gasteiger partial charge in [0, 0.05) is 6.54 Å². The summed E-state index contributed by atoms with van der Waals surface area (Å²) in [5, 5.41) is 3.51. The number of carbonyl (C=O) groups excluding carboxylic acids is 1. The number of nitrogens with one attached hydrogen (secondary N) is 1. The molecule has 2 aliphatic rings. The molecule has 3 nitrogen and oxygen atoms in total. The van der Waals surface area contributed by atoms with Gasteiger partial charge < -0.3 is 4.90 Å². The Hall–Kier alpha value is -0.570. The molecule has 2 unspecified atom stereocenters. The lowest BCUT2D eigenvalue weighted by molar-refractivity contribution is -0.131. The van der Waals surface area contributed by atoms with Crippen molar-refractivity contribution >= 4 is 5.91 Å². The summed E-state index contributed by atoms with van der Waals surface area (Å²) in [7, 11) is 0. The average molecular weight is 252 g/mol. The van der Waals surface area contributed by atoms with Gasteiger partial charge in [-0.1, -0.05) is 34.1 Å². The molecule has 0 aromatic carbocycles. The van der Waals surface area contributed by atoms with Gasteiger partial charge in [0.05, 0.1) is 12.2 Å². The number of hydrogen-bond donors (Lipinski definition) is 1. The van der Waals surface area contributed by atoms with Crippen molar-refractivity contribution in [2.75, 3.05) is 6.54 Å². The zero-order valence-electron chi connectivity index (χ0n) is 12.3. The number of carbonyl (C=O) groups is 1. The first-order chi connectivity index (χ1) is 8.54. The molecule has 1 saturated carbocycles. The number of amides is 1. The second kappa shape index (κ2) is 5.20. The Bertz CT molecular complexity index is 310. The van der Waals surface area contributed by atoms with E-state index in [1.165, 1.54) is 12.8 Å². The second-order valence-electron chi connectivity index (χ2n) is 6.42. The Morgan fingerprint density at radius 2 is 2.06 bits per heavy atom. The molecule has 0 aromatic rings. The molecule has 1 aliphatic carbocycles. The summed E-state index contributed by atoms with van der Waals surface area (Å²) < 4.78 is 0. The van der Waals surface area contributed by atoms with Crippen molar-refractivity contribution in [1.29, 1.82) is 0 Å². The van der Waals surface area contributed by atoms with Crippen LogP contribution in [0.4, 0.5) is 0 Å². The van der Waals surface area contributed by atoms with Gasteiger partial charge in [0.1, 0.15) is 0 Å². The smallest absolute Gasteiger partial charge is 0.241 e. The van der Waals surface area contributed by atoms with Crippen LogP contribution < -0.4 is 5.32 Å². The molecule has 2 atom stereocenters. The van der Waals surface area contributed by atoms with E-state index in [0.29, 0.717) is 17.2 Å². The maximum absolute atomic E-state index is 12.5. The van der Waals surface area contributed by atoms with Crippen molar-refractivity contribution in [3.63, 3.8) is 0 Å². The van der Waals surface area contributed by atoms with Crippen molar-refractivity contribution in [3.05, 3.63) is 0 Å². The summed E-state index contributed by atoms with van der Waals surface area (Å²) >= 11 is 0. The minimum Gasteiger partial charge on any atom is -0.325 e. The molecule has 18 heavy (non-hydrogen) atoms. The fraction of sp³-hybridized carbons (Fsp3) is 0.933. The molecule has 104 valence electrons. The first-order valence-corrected chi connectivity index (χ1v) is 7.60. The van der Waals surface area contributed by atoms with E-state index in [1.807, 2.05) is 0 Å². The molecule has 2 rings (SSSR count). The van der Waals surface area contributed by atoms with Crippen molar-refractivity contribution in [2.45, 2.75) is 72.0 Å². The van der Waals surface area contributed by atoms with Crippen LogP contribution in [0.2, 0.25) is 0 Å². The monoisotopic (exact) mass is 252 g/mol. The Morgan fingerprint density at radius 3 is 2.50 bits per heavy atom. The van der Waals surface area contributed by atoms with E-state index in [4.69, 9.17) is 0 Å². The summed E-state index contributed by atoms with van der Waals surface area (Å²) in [6.07, 6.45) is 5.92. The maximum Gasteiger partial charge on any atom is 0.241 e. The van der Waals surface area contributed by atoms with Crippen LogP contribution in [0, 0.1) is 11.3 Å². The molecule has 2 fully saturated rings. The average Bonchev–Trinajstić information content (AvgIpc) is 3.06. The van der Waals surface area contributed by atoms with E-state index in [9.17, 15) is 4.79 Å². The molecule has 1 heterocycles. The number of nitrogens with zero attached hydrogens (tertiary/aromatic N) is 1. The quantitative estimate of drug-likeness (QED) is 0.788. The Labute approximate surface area is 111 Å². The third-order valence-electron chi connectivity index (χ3n) is 4.92. The maximum atomic E-state index is 12.5. The van der Waals surface area contributed by atoms with Gasteiger partial charge in [-0.25, -0.2) is 0 Å². The highest BCUT2D eigenvalue weighted by Crippen LogP contribution is 2.52. The van der Waals surface area contributed by atoms with Gasteiger partial charge in [-0.15, -0.1) is 0 Å². The predicted molar refractivity (Wildman–Crippen MR) is 74.1 cm³/mol. The highest BCUT2D eigenvalue weighted by molar-refractivity contribution is 5.84. The molecule has 0 aromatic heterocycles. The molecular weight excluding hydrogens is 224 g/mol. The summed E-state index contributed by atoms with van der Waals surface area (Å²) in [5.74, 6) is 1.03. The zero-order chi connectivity index (χ0) is 13.3. The van der Waals surface area contributed by atoms with E-state index >= 15 is 0 Å². The van der Waals surface area contributed by atoms with Crippen LogP contribution in [0.3, 0.4) is 0 Å². The van der Waals surface area contributed by atoms with Gasteiger partial charge in [0.25, 0.3) is 0 Å². The highest BCUT2D eigenvalue weighted by Gasteiger charge is 2.50. The standard InChI is InChI=1S/C15H28N2O/c1-5-7-12-14(18)17(13(6-2)16-12)10-15(8-9-15)11(3)4/h11-13,16H,5-10H2,1-4H3. The summed E-state index contributed by atoms with van der Waals surface area (Å²) in [5.41, 5.74) is 0.422. The molecule has 0 spiro atoms. The van der Waals surface area contributed by atoms with E-state index in [-0.39, 0.29) is 12.2 Å². The summed E-state index contributed by atoms with van der Waals surface area (Å²) in [6, 6.07) is 0.0721. The topological polar surface area (TPSA) is 32.3 Å². The normalized spacial score (nSPS) is 30.3. The molecule has 1 saturated heterocycles. The molecule has 0 bridgehead atoms. The van der Waals surface area contributed by atoms with Gasteiger partial charge in [-0.05, 0) is 37.0 Å². The molecule has 3 heteroatoms. The zero-order valence-corrected chi connectivity index (χ0v) is 12.3. The molecule has 0 radical (unpaired) electrons. The second-order valence-corrected chi connectivity index (χ2v) is 6.42. The molecule has 1 aliphatic heterocycles. The fourth-order valence-corrected chi connectivity index (χ4v) is 3.19. The molecule has 1 amide bonds. The van der Waals surface area contributed by atoms with E-state index < -0.39 is 0 Å². The van der Waals surface area contributed by atoms with Crippen LogP contribution in [-0.4, -0.2) is 29.6 Å². The third-order valence-corrected chi connectivity index (χ3v) is 4.92. The van der Waals surface area contributed by atoms with E-state index in [2.05, 4.69) is 37.9 Å². The predicted octanol–water partition coefficient (Wildman–Crippen LogP) is 2.76. The van der Waals surface area contributed by atoms with Crippen molar-refractivity contribution < 1.29 is 4.79 Å². The molecular formula is C15H28N2O. The van der Waals surface area contributed by atoms with Gasteiger partial charge in [0.15, 0.2) is 0 Å². The highest BCUT2D eigenvalue weighted by atomic mass is 16.2. The van der Waals surface area contributed by atoms with Crippen LogP contribution in [0.5, 0.6) is 0 Å². The summed E-state index contributed by atoms with van der Waals surface area (Å²) in [6.45, 7) is 9.88. The molecule has 1 N–H and O–H groups in total. The SMILES string of the molecule is CCCC1NC(CC)N(CC2(C(C)C)CC2)C1=O. The van der Waals surface area contributed by atoms with E-state index in [0.717, 1.165) is 25.8 Å². The third kappa shape index (κ3) is 2.42. The van der Waals surface area contributed by atoms with Crippen LogP contribution in [0.25, 0.3) is 0 Å². The Kier molecular flexibility index (Phi) is 4.00. The lowest BCUT2D eigenvalue weighted by Gasteiger charge is -2.30. The lowest BCUT2D eigenvalue weighted by atomic mass is 9.91. The minimum absolute atomic E-state index is 0.0721. The van der Waals surface area contributed by atoms with Crippen LogP contribution >= 0.6 is 0 Å². The minimum atomic E-state index is 0.0721. The first kappa shape index (κ1) is 13.9. The van der Waals surface area contributed by atoms with Gasteiger partial charge in [-0.2, -0.15) is 0 Å². The number of hydrogen-bond acceptors (Lipinski definition) is 2. The fourth-order valence-electron chi connectivity index (χ4n) is 3.19. The van der Waals surface area contributed by atoms with Crippen molar-refractivity contribution in [1.82, 2.24) is 10.2 Å². The van der Waals surface area contributed by atoms with Gasteiger partial charge in [-0.3, -0.25) is 10.1 Å². The Balaban J connectivity index is 2.04.